The zero-order valence-electron chi connectivity index (χ0n) is 10.1. The Morgan fingerprint density at radius 1 is 1.28 bits per heavy atom. The Balaban J connectivity index is 2.35. The van der Waals surface area contributed by atoms with E-state index in [9.17, 15) is 14.7 Å². The molecule has 5 nitrogen and oxygen atoms in total. The van der Waals surface area contributed by atoms with Gasteiger partial charge in [0.15, 0.2) is 5.75 Å². The zero-order chi connectivity index (χ0) is 13.3. The monoisotopic (exact) mass is 247 g/mol. The van der Waals surface area contributed by atoms with Crippen LogP contribution < -0.4 is 20.9 Å². The first-order valence-electron chi connectivity index (χ1n) is 5.58. The lowest BCUT2D eigenvalue weighted by atomic mass is 10.1. The van der Waals surface area contributed by atoms with Crippen molar-refractivity contribution in [3.05, 3.63) is 44.2 Å². The van der Waals surface area contributed by atoms with Gasteiger partial charge < -0.3 is 15.2 Å². The van der Waals surface area contributed by atoms with Crippen molar-refractivity contribution in [1.82, 2.24) is 0 Å². The molecule has 0 aromatic heterocycles. The van der Waals surface area contributed by atoms with Gasteiger partial charge in [-0.05, 0) is 25.5 Å². The number of ether oxygens (including phenoxy) is 1. The number of nitrogens with one attached hydrogen (secondary N) is 1. The van der Waals surface area contributed by atoms with E-state index >= 15 is 0 Å². The van der Waals surface area contributed by atoms with E-state index in [0.29, 0.717) is 17.9 Å². The highest BCUT2D eigenvalue weighted by atomic mass is 16.5. The minimum absolute atomic E-state index is 0.0309. The van der Waals surface area contributed by atoms with E-state index in [1.165, 1.54) is 0 Å². The van der Waals surface area contributed by atoms with Gasteiger partial charge in [-0.1, -0.05) is 12.1 Å². The third-order valence-corrected chi connectivity index (χ3v) is 2.65. The van der Waals surface area contributed by atoms with Crippen molar-refractivity contribution in [2.45, 2.75) is 13.8 Å². The van der Waals surface area contributed by atoms with Crippen molar-refractivity contribution in [3.8, 4) is 11.5 Å². The van der Waals surface area contributed by atoms with Crippen LogP contribution in [0.5, 0.6) is 11.5 Å². The van der Waals surface area contributed by atoms with E-state index in [1.54, 1.807) is 32.0 Å². The Morgan fingerprint density at radius 3 is 2.67 bits per heavy atom. The highest BCUT2D eigenvalue weighted by Gasteiger charge is 2.23. The first-order valence-corrected chi connectivity index (χ1v) is 5.58. The van der Waals surface area contributed by atoms with Crippen molar-refractivity contribution in [3.63, 3.8) is 0 Å². The molecule has 18 heavy (non-hydrogen) atoms. The molecule has 94 valence electrons. The minimum Gasteiger partial charge on any atom is -0.505 e. The Labute approximate surface area is 103 Å². The van der Waals surface area contributed by atoms with Gasteiger partial charge in [-0.2, -0.15) is 0 Å². The van der Waals surface area contributed by atoms with Crippen LogP contribution in [-0.4, -0.2) is 11.7 Å². The average molecular weight is 247 g/mol. The predicted octanol–water partition coefficient (Wildman–Crippen LogP) is 1.44. The molecule has 0 aliphatic carbocycles. The summed E-state index contributed by atoms with van der Waals surface area (Å²) in [5, 5.41) is 12.5. The normalized spacial score (nSPS) is 10.6. The number of rotatable bonds is 4. The molecule has 2 aromatic rings. The smallest absolute Gasteiger partial charge is 0.272 e. The molecule has 0 atom stereocenters. The molecule has 2 N–H and O–H groups in total. The molecule has 0 unspecified atom stereocenters. The van der Waals surface area contributed by atoms with Crippen molar-refractivity contribution in [2.24, 2.45) is 0 Å². The fourth-order valence-corrected chi connectivity index (χ4v) is 1.66. The second kappa shape index (κ2) is 4.52. The molecule has 0 amide bonds. The largest absolute Gasteiger partial charge is 0.505 e. The van der Waals surface area contributed by atoms with Gasteiger partial charge in [-0.25, -0.2) is 0 Å². The van der Waals surface area contributed by atoms with Crippen LogP contribution in [-0.2, 0) is 0 Å². The first-order chi connectivity index (χ1) is 8.56. The second-order valence-corrected chi connectivity index (χ2v) is 3.89. The van der Waals surface area contributed by atoms with E-state index < -0.39 is 10.9 Å². The quantitative estimate of drug-likeness (QED) is 0.631. The van der Waals surface area contributed by atoms with E-state index in [0.717, 1.165) is 0 Å². The highest BCUT2D eigenvalue weighted by molar-refractivity contribution is 5.73. The van der Waals surface area contributed by atoms with Crippen LogP contribution in [0, 0.1) is 6.92 Å². The SMILES string of the molecule is CCOc1c(Nc2cccc(C)c2O)c(=O)c1=O. The number of aryl methyl sites for hydroxylation is 1. The number of hydrogen-bond acceptors (Lipinski definition) is 5. The maximum atomic E-state index is 11.4. The summed E-state index contributed by atoms with van der Waals surface area (Å²) < 4.78 is 5.08. The third kappa shape index (κ3) is 1.84. The Hall–Kier alpha value is -2.30. The van der Waals surface area contributed by atoms with Gasteiger partial charge in [-0.15, -0.1) is 0 Å². The van der Waals surface area contributed by atoms with Crippen LogP contribution in [0.2, 0.25) is 0 Å². The molecule has 0 saturated carbocycles. The maximum absolute atomic E-state index is 11.4. The summed E-state index contributed by atoms with van der Waals surface area (Å²) in [7, 11) is 0. The van der Waals surface area contributed by atoms with Crippen LogP contribution in [0.1, 0.15) is 12.5 Å². The molecular formula is C13H13NO4. The van der Waals surface area contributed by atoms with Crippen molar-refractivity contribution < 1.29 is 9.84 Å². The molecule has 0 bridgehead atoms. The average Bonchev–Trinajstić information content (AvgIpc) is 2.38. The number of phenols is 1. The number of benzene rings is 1. The van der Waals surface area contributed by atoms with Gasteiger partial charge in [0.05, 0.1) is 12.3 Å². The van der Waals surface area contributed by atoms with E-state index in [1.807, 2.05) is 0 Å². The number of phenolic OH excluding ortho intramolecular Hbond substituents is 1. The van der Waals surface area contributed by atoms with Crippen LogP contribution in [0.15, 0.2) is 27.8 Å². The number of aromatic hydroxyl groups is 1. The molecule has 0 spiro atoms. The van der Waals surface area contributed by atoms with Crippen LogP contribution >= 0.6 is 0 Å². The maximum Gasteiger partial charge on any atom is 0.272 e. The first kappa shape index (κ1) is 12.2. The lowest BCUT2D eigenvalue weighted by Gasteiger charge is -2.14. The summed E-state index contributed by atoms with van der Waals surface area (Å²) in [6.07, 6.45) is 0. The molecule has 0 aliphatic rings. The van der Waals surface area contributed by atoms with E-state index in [2.05, 4.69) is 5.32 Å². The minimum atomic E-state index is -0.633. The van der Waals surface area contributed by atoms with Gasteiger partial charge in [0.25, 0.3) is 10.9 Å². The second-order valence-electron chi connectivity index (χ2n) is 3.89. The summed E-state index contributed by atoms with van der Waals surface area (Å²) in [5.41, 5.74) is -0.103. The Kier molecular flexibility index (Phi) is 3.06. The molecule has 0 fully saturated rings. The fraction of sp³-hybridized carbons (Fsp3) is 0.231. The van der Waals surface area contributed by atoms with Gasteiger partial charge in [-0.3, -0.25) is 9.59 Å². The zero-order valence-corrected chi connectivity index (χ0v) is 10.1. The Bertz CT molecular complexity index is 653. The lowest BCUT2D eigenvalue weighted by Crippen LogP contribution is -2.35. The molecule has 0 aliphatic heterocycles. The fourth-order valence-electron chi connectivity index (χ4n) is 1.66. The molecule has 0 saturated heterocycles. The highest BCUT2D eigenvalue weighted by Crippen LogP contribution is 2.31. The van der Waals surface area contributed by atoms with Crippen molar-refractivity contribution in [2.75, 3.05) is 11.9 Å². The molecule has 0 heterocycles. The van der Waals surface area contributed by atoms with Gasteiger partial charge >= 0.3 is 0 Å². The van der Waals surface area contributed by atoms with Crippen LogP contribution in [0.3, 0.4) is 0 Å². The third-order valence-electron chi connectivity index (χ3n) is 2.65. The molecule has 2 rings (SSSR count). The van der Waals surface area contributed by atoms with Gasteiger partial charge in [0.2, 0.25) is 0 Å². The van der Waals surface area contributed by atoms with Crippen molar-refractivity contribution in [1.29, 1.82) is 0 Å². The van der Waals surface area contributed by atoms with Gasteiger partial charge in [0, 0.05) is 0 Å². The number of anilines is 2. The molecule has 0 radical (unpaired) electrons. The standard InChI is InChI=1S/C13H13NO4/c1-3-18-13-9(11(16)12(13)17)14-8-6-4-5-7(2)10(8)15/h4-6,14-15H,3H2,1-2H3. The Morgan fingerprint density at radius 2 is 2.00 bits per heavy atom. The summed E-state index contributed by atoms with van der Waals surface area (Å²) in [6.45, 7) is 3.77. The van der Waals surface area contributed by atoms with Crippen LogP contribution in [0.4, 0.5) is 11.4 Å². The van der Waals surface area contributed by atoms with Gasteiger partial charge in [0.1, 0.15) is 11.4 Å². The number of para-hydroxylation sites is 1. The molecular weight excluding hydrogens is 234 g/mol. The van der Waals surface area contributed by atoms with E-state index in [-0.39, 0.29) is 17.2 Å². The van der Waals surface area contributed by atoms with Crippen molar-refractivity contribution >= 4 is 11.4 Å². The topological polar surface area (TPSA) is 75.6 Å². The lowest BCUT2D eigenvalue weighted by molar-refractivity contribution is 0.335. The number of hydrogen-bond donors (Lipinski definition) is 2. The molecule has 2 aromatic carbocycles. The predicted molar refractivity (Wildman–Crippen MR) is 68.6 cm³/mol. The summed E-state index contributed by atoms with van der Waals surface area (Å²) in [5.74, 6) is 0.0800. The summed E-state index contributed by atoms with van der Waals surface area (Å²) >= 11 is 0. The summed E-state index contributed by atoms with van der Waals surface area (Å²) in [6, 6.07) is 5.10. The van der Waals surface area contributed by atoms with E-state index in [4.69, 9.17) is 4.74 Å². The summed E-state index contributed by atoms with van der Waals surface area (Å²) in [4.78, 5) is 22.7. The van der Waals surface area contributed by atoms with Crippen LogP contribution in [0.25, 0.3) is 0 Å². The molecule has 5 heteroatoms.